The van der Waals surface area contributed by atoms with Crippen LogP contribution in [0.15, 0.2) is 47.5 Å². The summed E-state index contributed by atoms with van der Waals surface area (Å²) < 4.78 is 12.8. The van der Waals surface area contributed by atoms with Crippen LogP contribution < -0.4 is 20.5 Å². The Morgan fingerprint density at radius 2 is 1.97 bits per heavy atom. The molecule has 1 saturated heterocycles. The SMILES string of the molecule is COc1cc(C)cc(N(CCCNC(C)C)c2ccc3ncn(C4CCOCC4)c(=O)c3c2)c1. The number of nitrogens with zero attached hydrogens (tertiary/aromatic N) is 3. The van der Waals surface area contributed by atoms with Crippen molar-refractivity contribution < 1.29 is 9.47 Å². The Morgan fingerprint density at radius 3 is 2.71 bits per heavy atom. The van der Waals surface area contributed by atoms with Gasteiger partial charge in [0, 0.05) is 49.3 Å². The summed E-state index contributed by atoms with van der Waals surface area (Å²) in [5.74, 6) is 0.824. The summed E-state index contributed by atoms with van der Waals surface area (Å²) in [4.78, 5) is 20.3. The van der Waals surface area contributed by atoms with Crippen LogP contribution in [0, 0.1) is 6.92 Å². The molecule has 2 aromatic carbocycles. The van der Waals surface area contributed by atoms with Crippen molar-refractivity contribution in [2.45, 2.75) is 52.1 Å². The Kier molecular flexibility index (Phi) is 7.85. The normalized spacial score (nSPS) is 14.6. The number of nitrogens with one attached hydrogen (secondary N) is 1. The van der Waals surface area contributed by atoms with Gasteiger partial charge in [-0.05, 0) is 68.6 Å². The molecule has 1 aliphatic heterocycles. The summed E-state index contributed by atoms with van der Waals surface area (Å²) in [6.07, 6.45) is 4.34. The standard InChI is InChI=1S/C27H36N4O3/c1-19(2)28-10-5-11-30(23-14-20(3)15-24(16-23)33-4)22-6-7-26-25(17-22)27(32)31(18-29-26)21-8-12-34-13-9-21/h6-7,14-19,21,28H,5,8-13H2,1-4H3. The number of aromatic nitrogens is 2. The smallest absolute Gasteiger partial charge is 0.261 e. The molecule has 7 nitrogen and oxygen atoms in total. The number of fused-ring (bicyclic) bond motifs is 1. The molecule has 0 spiro atoms. The maximum Gasteiger partial charge on any atom is 0.261 e. The molecule has 0 radical (unpaired) electrons. The zero-order valence-corrected chi connectivity index (χ0v) is 20.7. The minimum atomic E-state index is 0.0157. The molecule has 0 bridgehead atoms. The van der Waals surface area contributed by atoms with Gasteiger partial charge in [0.05, 0.1) is 24.3 Å². The quantitative estimate of drug-likeness (QED) is 0.467. The van der Waals surface area contributed by atoms with Crippen molar-refractivity contribution in [1.29, 1.82) is 0 Å². The van der Waals surface area contributed by atoms with Gasteiger partial charge in [-0.25, -0.2) is 4.98 Å². The fourth-order valence-corrected chi connectivity index (χ4v) is 4.55. The highest BCUT2D eigenvalue weighted by Crippen LogP contribution is 2.31. The predicted molar refractivity (Wildman–Crippen MR) is 138 cm³/mol. The molecule has 0 aliphatic carbocycles. The van der Waals surface area contributed by atoms with Gasteiger partial charge >= 0.3 is 0 Å². The van der Waals surface area contributed by atoms with Crippen molar-refractivity contribution in [1.82, 2.24) is 14.9 Å². The highest BCUT2D eigenvalue weighted by atomic mass is 16.5. The van der Waals surface area contributed by atoms with Crippen LogP contribution in [0.4, 0.5) is 11.4 Å². The molecule has 1 aliphatic rings. The summed E-state index contributed by atoms with van der Waals surface area (Å²) in [7, 11) is 1.69. The van der Waals surface area contributed by atoms with E-state index in [4.69, 9.17) is 9.47 Å². The van der Waals surface area contributed by atoms with Crippen LogP contribution in [-0.2, 0) is 4.74 Å². The minimum absolute atomic E-state index is 0.0157. The molecule has 2 heterocycles. The predicted octanol–water partition coefficient (Wildman–Crippen LogP) is 4.59. The zero-order chi connectivity index (χ0) is 24.1. The van der Waals surface area contributed by atoms with Gasteiger partial charge < -0.3 is 19.7 Å². The Bertz CT molecular complexity index is 1170. The second kappa shape index (κ2) is 11.0. The van der Waals surface area contributed by atoms with E-state index < -0.39 is 0 Å². The van der Waals surface area contributed by atoms with E-state index in [-0.39, 0.29) is 11.6 Å². The molecule has 0 saturated carbocycles. The Morgan fingerprint density at radius 1 is 1.18 bits per heavy atom. The van der Waals surface area contributed by atoms with Crippen LogP contribution in [0.2, 0.25) is 0 Å². The molecule has 1 aromatic heterocycles. The number of methoxy groups -OCH3 is 1. The lowest BCUT2D eigenvalue weighted by Gasteiger charge is -2.27. The van der Waals surface area contributed by atoms with Crippen LogP contribution >= 0.6 is 0 Å². The fourth-order valence-electron chi connectivity index (χ4n) is 4.55. The summed E-state index contributed by atoms with van der Waals surface area (Å²) in [5, 5.41) is 4.14. The van der Waals surface area contributed by atoms with E-state index in [1.165, 1.54) is 0 Å². The van der Waals surface area contributed by atoms with E-state index in [2.05, 4.69) is 54.2 Å². The number of benzene rings is 2. The van der Waals surface area contributed by atoms with Gasteiger partial charge in [-0.15, -0.1) is 0 Å². The third-order valence-corrected chi connectivity index (χ3v) is 6.36. The lowest BCUT2D eigenvalue weighted by Crippen LogP contribution is -2.30. The van der Waals surface area contributed by atoms with E-state index in [9.17, 15) is 4.79 Å². The van der Waals surface area contributed by atoms with E-state index in [1.54, 1.807) is 18.0 Å². The Balaban J connectivity index is 1.72. The van der Waals surface area contributed by atoms with E-state index in [0.29, 0.717) is 24.6 Å². The maximum absolute atomic E-state index is 13.5. The van der Waals surface area contributed by atoms with E-state index in [1.807, 2.05) is 18.2 Å². The van der Waals surface area contributed by atoms with E-state index >= 15 is 0 Å². The van der Waals surface area contributed by atoms with Crippen LogP contribution in [0.3, 0.4) is 0 Å². The van der Waals surface area contributed by atoms with Gasteiger partial charge in [0.15, 0.2) is 0 Å². The summed E-state index contributed by atoms with van der Waals surface area (Å²) in [6, 6.07) is 12.8. The van der Waals surface area contributed by atoms with Gasteiger partial charge in [0.1, 0.15) is 5.75 Å². The van der Waals surface area contributed by atoms with Crippen LogP contribution in [0.1, 0.15) is 44.7 Å². The molecular weight excluding hydrogens is 428 g/mol. The monoisotopic (exact) mass is 464 g/mol. The number of rotatable bonds is 9. The Hall–Kier alpha value is -2.90. The van der Waals surface area contributed by atoms with Gasteiger partial charge in [-0.1, -0.05) is 13.8 Å². The summed E-state index contributed by atoms with van der Waals surface area (Å²) >= 11 is 0. The van der Waals surface area contributed by atoms with Crippen LogP contribution in [0.25, 0.3) is 10.9 Å². The maximum atomic E-state index is 13.5. The minimum Gasteiger partial charge on any atom is -0.497 e. The number of ether oxygens (including phenoxy) is 2. The third kappa shape index (κ3) is 5.59. The topological polar surface area (TPSA) is 68.6 Å². The largest absolute Gasteiger partial charge is 0.497 e. The molecule has 1 N–H and O–H groups in total. The molecule has 4 rings (SSSR count). The van der Waals surface area contributed by atoms with Crippen LogP contribution in [-0.4, -0.2) is 49.0 Å². The summed E-state index contributed by atoms with van der Waals surface area (Å²) in [6.45, 7) is 9.48. The van der Waals surface area contributed by atoms with Crippen molar-refractivity contribution in [3.05, 3.63) is 58.6 Å². The number of aryl methyl sites for hydroxylation is 1. The summed E-state index contributed by atoms with van der Waals surface area (Å²) in [5.41, 5.74) is 3.90. The molecule has 182 valence electrons. The van der Waals surface area contributed by atoms with Gasteiger partial charge in [-0.2, -0.15) is 0 Å². The average molecular weight is 465 g/mol. The average Bonchev–Trinajstić information content (AvgIpc) is 2.84. The molecular formula is C27H36N4O3. The Labute approximate surface area is 201 Å². The first-order chi connectivity index (χ1) is 16.5. The number of hydrogen-bond acceptors (Lipinski definition) is 6. The van der Waals surface area contributed by atoms with E-state index in [0.717, 1.165) is 60.6 Å². The van der Waals surface area contributed by atoms with Gasteiger partial charge in [-0.3, -0.25) is 9.36 Å². The first-order valence-corrected chi connectivity index (χ1v) is 12.2. The first kappa shape index (κ1) is 24.2. The molecule has 0 unspecified atom stereocenters. The van der Waals surface area contributed by atoms with Crippen molar-refractivity contribution in [3.8, 4) is 5.75 Å². The highest BCUT2D eigenvalue weighted by Gasteiger charge is 2.19. The van der Waals surface area contributed by atoms with Crippen molar-refractivity contribution in [3.63, 3.8) is 0 Å². The fraction of sp³-hybridized carbons (Fsp3) is 0.481. The van der Waals surface area contributed by atoms with Crippen molar-refractivity contribution in [2.24, 2.45) is 0 Å². The lowest BCUT2D eigenvalue weighted by molar-refractivity contribution is 0.0685. The lowest BCUT2D eigenvalue weighted by atomic mass is 10.1. The van der Waals surface area contributed by atoms with Crippen molar-refractivity contribution in [2.75, 3.05) is 38.3 Å². The molecule has 0 amide bonds. The highest BCUT2D eigenvalue weighted by molar-refractivity contribution is 5.83. The zero-order valence-electron chi connectivity index (χ0n) is 20.7. The second-order valence-electron chi connectivity index (χ2n) is 9.32. The molecule has 1 fully saturated rings. The number of anilines is 2. The van der Waals surface area contributed by atoms with Gasteiger partial charge in [0.25, 0.3) is 5.56 Å². The first-order valence-electron chi connectivity index (χ1n) is 12.2. The van der Waals surface area contributed by atoms with Gasteiger partial charge in [0.2, 0.25) is 0 Å². The van der Waals surface area contributed by atoms with Crippen molar-refractivity contribution >= 4 is 22.3 Å². The number of hydrogen-bond donors (Lipinski definition) is 1. The van der Waals surface area contributed by atoms with Crippen LogP contribution in [0.5, 0.6) is 5.75 Å². The molecule has 7 heteroatoms. The third-order valence-electron chi connectivity index (χ3n) is 6.36. The molecule has 3 aromatic rings. The molecule has 0 atom stereocenters. The second-order valence-corrected chi connectivity index (χ2v) is 9.32. The molecule has 34 heavy (non-hydrogen) atoms.